The predicted molar refractivity (Wildman–Crippen MR) is 176 cm³/mol. The molecule has 2 aliphatic carbocycles. The van der Waals surface area contributed by atoms with E-state index < -0.39 is 0 Å². The molecule has 5 aliphatic rings. The van der Waals surface area contributed by atoms with Crippen LogP contribution in [0.15, 0.2) is 23.3 Å². The van der Waals surface area contributed by atoms with Gasteiger partial charge in [0.05, 0.1) is 0 Å². The Kier molecular flexibility index (Phi) is 19.7. The Bertz CT molecular complexity index is 520. The Labute approximate surface area is 246 Å². The first-order chi connectivity index (χ1) is 18.4. The van der Waals surface area contributed by atoms with Crippen LogP contribution in [0.2, 0.25) is 0 Å². The Morgan fingerprint density at radius 3 is 0.949 bits per heavy atom. The molecule has 0 radical (unpaired) electrons. The van der Waals surface area contributed by atoms with Gasteiger partial charge in [-0.2, -0.15) is 0 Å². The lowest BCUT2D eigenvalue weighted by Gasteiger charge is -2.28. The molecule has 3 aliphatic heterocycles. The van der Waals surface area contributed by atoms with Crippen molar-refractivity contribution in [1.29, 1.82) is 0 Å². The normalized spacial score (nSPS) is 27.7. The summed E-state index contributed by atoms with van der Waals surface area (Å²) < 4.78 is 0. The van der Waals surface area contributed by atoms with Gasteiger partial charge in [-0.3, -0.25) is 0 Å². The van der Waals surface area contributed by atoms with Crippen molar-refractivity contribution in [2.24, 2.45) is 23.7 Å². The standard InChI is InChI=1S/C8H16.2C7H15N.C7H10.C6H14N2/c3*1-7-3-5-8(2)6-4-7;1-6-3-4-7(2)5-6;1-7-3-5-8(2)6-4-7/h7-8H,3-6H2,1-2H3;2*7H,3-6H2,1-2H3;3,5H,4H2,1-2H3;3-6H2,1-2H3. The smallest absolute Gasteiger partial charge is 0.0107 e. The van der Waals surface area contributed by atoms with E-state index in [1.54, 1.807) is 0 Å². The van der Waals surface area contributed by atoms with Gasteiger partial charge in [0.2, 0.25) is 0 Å². The molecule has 3 saturated heterocycles. The summed E-state index contributed by atoms with van der Waals surface area (Å²) in [7, 11) is 8.75. The van der Waals surface area contributed by atoms with E-state index in [1.165, 1.54) is 121 Å². The summed E-state index contributed by atoms with van der Waals surface area (Å²) in [5, 5.41) is 0. The molecule has 0 atom stereocenters. The second-order valence-electron chi connectivity index (χ2n) is 14.1. The first kappa shape index (κ1) is 36.3. The maximum atomic E-state index is 2.40. The first-order valence-electron chi connectivity index (χ1n) is 16.5. The molecule has 3 heterocycles. The second kappa shape index (κ2) is 21.1. The average molecular weight is 547 g/mol. The Hall–Kier alpha value is -0.680. The van der Waals surface area contributed by atoms with E-state index in [0.29, 0.717) is 0 Å². The highest BCUT2D eigenvalue weighted by molar-refractivity contribution is 5.29. The molecule has 39 heavy (non-hydrogen) atoms. The fourth-order valence-electron chi connectivity index (χ4n) is 5.44. The Morgan fingerprint density at radius 1 is 0.462 bits per heavy atom. The summed E-state index contributed by atoms with van der Waals surface area (Å²) in [6, 6.07) is 0. The molecule has 0 aromatic heterocycles. The lowest BCUT2D eigenvalue weighted by molar-refractivity contribution is 0.181. The molecular weight excluding hydrogens is 476 g/mol. The highest BCUT2D eigenvalue weighted by Crippen LogP contribution is 2.27. The molecule has 1 saturated carbocycles. The number of hydrogen-bond acceptors (Lipinski definition) is 4. The highest BCUT2D eigenvalue weighted by Gasteiger charge is 2.13. The van der Waals surface area contributed by atoms with Gasteiger partial charge in [-0.1, -0.05) is 76.7 Å². The number of piperazine rings is 1. The molecule has 0 aromatic carbocycles. The molecule has 230 valence electrons. The predicted octanol–water partition coefficient (Wildman–Crippen LogP) is 7.68. The summed E-state index contributed by atoms with van der Waals surface area (Å²) >= 11 is 0. The zero-order chi connectivity index (χ0) is 29.2. The monoisotopic (exact) mass is 547 g/mol. The molecule has 0 aromatic rings. The van der Waals surface area contributed by atoms with Gasteiger partial charge in [0.1, 0.15) is 0 Å². The number of allylic oxidation sites excluding steroid dienone is 4. The number of nitrogens with zero attached hydrogens (tertiary/aromatic N) is 4. The van der Waals surface area contributed by atoms with Gasteiger partial charge in [0, 0.05) is 26.2 Å². The van der Waals surface area contributed by atoms with Crippen LogP contribution in [-0.2, 0) is 0 Å². The summed E-state index contributed by atoms with van der Waals surface area (Å²) in [6.45, 7) is 23.9. The van der Waals surface area contributed by atoms with Gasteiger partial charge < -0.3 is 19.6 Å². The van der Waals surface area contributed by atoms with Crippen molar-refractivity contribution in [1.82, 2.24) is 19.6 Å². The number of likely N-dealkylation sites (tertiary alicyclic amines) is 2. The lowest BCUT2D eigenvalue weighted by Crippen LogP contribution is -2.42. The van der Waals surface area contributed by atoms with Crippen LogP contribution in [0.4, 0.5) is 0 Å². The minimum Gasteiger partial charge on any atom is -0.306 e. The quantitative estimate of drug-likeness (QED) is 0.309. The molecular formula is C35H70N4. The number of piperidine rings is 2. The molecule has 0 spiro atoms. The van der Waals surface area contributed by atoms with Gasteiger partial charge >= 0.3 is 0 Å². The largest absolute Gasteiger partial charge is 0.306 e. The maximum absolute atomic E-state index is 2.40. The van der Waals surface area contributed by atoms with Crippen LogP contribution in [0.25, 0.3) is 0 Å². The van der Waals surface area contributed by atoms with Crippen LogP contribution in [0, 0.1) is 23.7 Å². The SMILES string of the molecule is CC1=CCC(C)=C1.CC1CCC(C)CC1.CC1CCN(C)CC1.CC1CCN(C)CC1.CN1CCN(C)CC1. The van der Waals surface area contributed by atoms with Crippen molar-refractivity contribution in [3.63, 3.8) is 0 Å². The molecule has 4 heteroatoms. The molecule has 4 nitrogen and oxygen atoms in total. The van der Waals surface area contributed by atoms with Crippen molar-refractivity contribution in [2.45, 2.75) is 99.3 Å². The fourth-order valence-corrected chi connectivity index (χ4v) is 5.44. The number of likely N-dealkylation sites (N-methyl/N-ethyl adjacent to an activating group) is 2. The van der Waals surface area contributed by atoms with E-state index in [1.807, 2.05) is 0 Å². The molecule has 0 unspecified atom stereocenters. The van der Waals surface area contributed by atoms with Crippen LogP contribution in [0.3, 0.4) is 0 Å². The minimum absolute atomic E-state index is 0.978. The van der Waals surface area contributed by atoms with Crippen molar-refractivity contribution in [3.8, 4) is 0 Å². The van der Waals surface area contributed by atoms with E-state index in [0.717, 1.165) is 23.7 Å². The van der Waals surface area contributed by atoms with Crippen LogP contribution >= 0.6 is 0 Å². The third-order valence-corrected chi connectivity index (χ3v) is 9.27. The zero-order valence-corrected chi connectivity index (χ0v) is 28.3. The van der Waals surface area contributed by atoms with Gasteiger partial charge in [-0.15, -0.1) is 0 Å². The summed E-state index contributed by atoms with van der Waals surface area (Å²) in [5.41, 5.74) is 2.90. The van der Waals surface area contributed by atoms with E-state index in [9.17, 15) is 0 Å². The van der Waals surface area contributed by atoms with Crippen molar-refractivity contribution in [2.75, 3.05) is 80.5 Å². The zero-order valence-electron chi connectivity index (χ0n) is 28.3. The van der Waals surface area contributed by atoms with Crippen molar-refractivity contribution < 1.29 is 0 Å². The maximum Gasteiger partial charge on any atom is 0.0107 e. The first-order valence-corrected chi connectivity index (χ1v) is 16.5. The third-order valence-electron chi connectivity index (χ3n) is 9.27. The average Bonchev–Trinajstić information content (AvgIpc) is 3.30. The van der Waals surface area contributed by atoms with E-state index in [-0.39, 0.29) is 0 Å². The van der Waals surface area contributed by atoms with E-state index >= 15 is 0 Å². The summed E-state index contributed by atoms with van der Waals surface area (Å²) in [5.74, 6) is 4.00. The van der Waals surface area contributed by atoms with Gasteiger partial charge in [-0.05, 0) is 124 Å². The van der Waals surface area contributed by atoms with Gasteiger partial charge in [0.15, 0.2) is 0 Å². The third kappa shape index (κ3) is 19.9. The molecule has 4 fully saturated rings. The molecule has 5 rings (SSSR count). The highest BCUT2D eigenvalue weighted by atomic mass is 15.2. The Morgan fingerprint density at radius 2 is 0.744 bits per heavy atom. The number of rotatable bonds is 0. The number of hydrogen-bond donors (Lipinski definition) is 0. The topological polar surface area (TPSA) is 13.0 Å². The van der Waals surface area contributed by atoms with Gasteiger partial charge in [0.25, 0.3) is 0 Å². The van der Waals surface area contributed by atoms with Crippen molar-refractivity contribution in [3.05, 3.63) is 23.3 Å². The lowest BCUT2D eigenvalue weighted by atomic mass is 9.84. The summed E-state index contributed by atoms with van der Waals surface area (Å²) in [4.78, 5) is 9.53. The van der Waals surface area contributed by atoms with Crippen molar-refractivity contribution >= 4 is 0 Å². The van der Waals surface area contributed by atoms with Crippen LogP contribution in [0.1, 0.15) is 99.3 Å². The van der Waals surface area contributed by atoms with Crippen LogP contribution in [0.5, 0.6) is 0 Å². The van der Waals surface area contributed by atoms with Crippen LogP contribution < -0.4 is 0 Å². The summed E-state index contributed by atoms with van der Waals surface area (Å²) in [6.07, 6.45) is 17.1. The molecule has 0 amide bonds. The molecule has 0 N–H and O–H groups in total. The van der Waals surface area contributed by atoms with E-state index in [4.69, 9.17) is 0 Å². The van der Waals surface area contributed by atoms with Gasteiger partial charge in [-0.25, -0.2) is 0 Å². The second-order valence-corrected chi connectivity index (χ2v) is 14.1. The van der Waals surface area contributed by atoms with E-state index in [2.05, 4.69) is 101 Å². The Balaban J connectivity index is 0.000000244. The fraction of sp³-hybridized carbons (Fsp3) is 0.886. The molecule has 0 bridgehead atoms. The van der Waals surface area contributed by atoms with Crippen LogP contribution in [-0.4, -0.2) is 100 Å². The minimum atomic E-state index is 0.978.